The molecule has 1 heterocycles. The van der Waals surface area contributed by atoms with Crippen LogP contribution >= 0.6 is 0 Å². The van der Waals surface area contributed by atoms with Crippen molar-refractivity contribution in [1.29, 1.82) is 0 Å². The molecule has 2 rings (SSSR count). The third-order valence-corrected chi connectivity index (χ3v) is 2.58. The molecule has 1 saturated heterocycles. The first-order valence-electron chi connectivity index (χ1n) is 3.85. The number of nitrogens with zero attached hydrogens (tertiary/aromatic N) is 2. The maximum absolute atomic E-state index is 13.0. The molecule has 2 aliphatic rings. The van der Waals surface area contributed by atoms with Gasteiger partial charge in [-0.2, -0.15) is 0 Å². The Morgan fingerprint density at radius 1 is 1.30 bits per heavy atom. The fraction of sp³-hybridized carbons (Fsp3) is 1.00. The number of rotatable bonds is 0. The van der Waals surface area contributed by atoms with Crippen molar-refractivity contribution in [3.8, 4) is 0 Å². The van der Waals surface area contributed by atoms with Gasteiger partial charge in [-0.3, -0.25) is 0 Å². The molecule has 2 fully saturated rings. The van der Waals surface area contributed by atoms with Crippen LogP contribution in [0.1, 0.15) is 12.8 Å². The van der Waals surface area contributed by atoms with Crippen molar-refractivity contribution < 1.29 is 4.48 Å². The monoisotopic (exact) mass is 144 g/mol. The second-order valence-electron chi connectivity index (χ2n) is 3.55. The highest BCUT2D eigenvalue weighted by atomic mass is 19.2. The molecule has 0 aromatic heterocycles. The van der Waals surface area contributed by atoms with E-state index in [2.05, 4.69) is 11.9 Å². The van der Waals surface area contributed by atoms with Crippen LogP contribution < -0.4 is 0 Å². The van der Waals surface area contributed by atoms with Crippen molar-refractivity contribution in [3.05, 3.63) is 0 Å². The molecule has 0 bridgehead atoms. The molecule has 0 amide bonds. The van der Waals surface area contributed by atoms with E-state index in [4.69, 9.17) is 0 Å². The normalized spacial score (nSPS) is 33.0. The van der Waals surface area contributed by atoms with Gasteiger partial charge in [0, 0.05) is 19.6 Å². The maximum Gasteiger partial charge on any atom is 0.0640 e. The summed E-state index contributed by atoms with van der Waals surface area (Å²) in [5, 5.41) is 1.03. The van der Waals surface area contributed by atoms with Crippen molar-refractivity contribution in [1.82, 2.24) is 10.0 Å². The van der Waals surface area contributed by atoms with Crippen LogP contribution in [0.3, 0.4) is 0 Å². The zero-order chi connectivity index (χ0) is 7.19. The molecule has 10 heavy (non-hydrogen) atoms. The Hall–Kier alpha value is -0.150. The summed E-state index contributed by atoms with van der Waals surface area (Å²) in [4.78, 5) is 2.21. The van der Waals surface area contributed by atoms with Gasteiger partial charge in [-0.1, -0.05) is 0 Å². The van der Waals surface area contributed by atoms with E-state index < -0.39 is 0 Å². The zero-order valence-electron chi connectivity index (χ0n) is 6.31. The lowest BCUT2D eigenvalue weighted by molar-refractivity contribution is -0.0779. The Balaban J connectivity index is 2.03. The van der Waals surface area contributed by atoms with Gasteiger partial charge < -0.3 is 4.90 Å². The number of hydrogen-bond acceptors (Lipinski definition) is 2. The summed E-state index contributed by atoms with van der Waals surface area (Å²) in [6.07, 6.45) is 2.10. The molecule has 0 radical (unpaired) electrons. The predicted octanol–water partition coefficient (Wildman–Crippen LogP) is 0.651. The minimum absolute atomic E-state index is 0.0486. The highest BCUT2D eigenvalue weighted by Crippen LogP contribution is 2.43. The molecule has 1 aliphatic heterocycles. The molecule has 0 aromatic rings. The van der Waals surface area contributed by atoms with Crippen LogP contribution in [0.4, 0.5) is 4.48 Å². The number of piperazine rings is 1. The van der Waals surface area contributed by atoms with Gasteiger partial charge in [0.05, 0.1) is 5.54 Å². The first-order valence-corrected chi connectivity index (χ1v) is 3.85. The van der Waals surface area contributed by atoms with Crippen LogP contribution in [0.15, 0.2) is 0 Å². The molecule has 2 nitrogen and oxygen atoms in total. The summed E-state index contributed by atoms with van der Waals surface area (Å²) in [6.45, 7) is 2.39. The average molecular weight is 144 g/mol. The van der Waals surface area contributed by atoms with Crippen LogP contribution in [-0.4, -0.2) is 42.2 Å². The fourth-order valence-electron chi connectivity index (χ4n) is 1.70. The Labute approximate surface area is 60.5 Å². The molecular weight excluding hydrogens is 131 g/mol. The van der Waals surface area contributed by atoms with Crippen LogP contribution in [0.5, 0.6) is 0 Å². The zero-order valence-corrected chi connectivity index (χ0v) is 6.31. The third kappa shape index (κ3) is 0.847. The van der Waals surface area contributed by atoms with Gasteiger partial charge in [-0.15, -0.1) is 9.60 Å². The minimum Gasteiger partial charge on any atom is -0.303 e. The van der Waals surface area contributed by atoms with Gasteiger partial charge in [0.15, 0.2) is 0 Å². The summed E-state index contributed by atoms with van der Waals surface area (Å²) >= 11 is 0. The summed E-state index contributed by atoms with van der Waals surface area (Å²) in [5.74, 6) is 0. The van der Waals surface area contributed by atoms with Gasteiger partial charge in [-0.05, 0) is 19.9 Å². The van der Waals surface area contributed by atoms with E-state index in [1.54, 1.807) is 0 Å². The molecule has 58 valence electrons. The van der Waals surface area contributed by atoms with Crippen molar-refractivity contribution in [2.24, 2.45) is 0 Å². The standard InChI is InChI=1S/C7H13FN2/c1-9-4-5-10(8)7(6-9)2-3-7/h2-6H2,1H3. The molecule has 1 saturated carbocycles. The van der Waals surface area contributed by atoms with E-state index >= 15 is 0 Å². The smallest absolute Gasteiger partial charge is 0.0640 e. The highest BCUT2D eigenvalue weighted by Gasteiger charge is 2.51. The van der Waals surface area contributed by atoms with Crippen LogP contribution in [0.25, 0.3) is 0 Å². The Kier molecular flexibility index (Phi) is 1.26. The lowest BCUT2D eigenvalue weighted by Crippen LogP contribution is -2.49. The van der Waals surface area contributed by atoms with E-state index in [9.17, 15) is 4.48 Å². The molecule has 1 aliphatic carbocycles. The summed E-state index contributed by atoms with van der Waals surface area (Å²) in [6, 6.07) is 0. The van der Waals surface area contributed by atoms with E-state index in [0.29, 0.717) is 6.54 Å². The SMILES string of the molecule is CN1CCN(F)C2(CC2)C1. The molecule has 0 unspecified atom stereocenters. The molecule has 0 atom stereocenters. The largest absolute Gasteiger partial charge is 0.303 e. The third-order valence-electron chi connectivity index (χ3n) is 2.58. The first-order chi connectivity index (χ1) is 4.73. The van der Waals surface area contributed by atoms with Crippen molar-refractivity contribution >= 4 is 0 Å². The number of hydrogen-bond donors (Lipinski definition) is 0. The predicted molar refractivity (Wildman–Crippen MR) is 37.3 cm³/mol. The Bertz CT molecular complexity index is 145. The molecular formula is C7H13FN2. The van der Waals surface area contributed by atoms with Crippen molar-refractivity contribution in [2.45, 2.75) is 18.4 Å². The number of likely N-dealkylation sites (N-methyl/N-ethyl adjacent to an activating group) is 1. The average Bonchev–Trinajstić information content (AvgIpc) is 2.62. The van der Waals surface area contributed by atoms with Crippen molar-refractivity contribution in [2.75, 3.05) is 26.7 Å². The van der Waals surface area contributed by atoms with Gasteiger partial charge in [-0.25, -0.2) is 0 Å². The Morgan fingerprint density at radius 3 is 2.50 bits per heavy atom. The quantitative estimate of drug-likeness (QED) is 0.461. The molecule has 1 spiro atoms. The van der Waals surface area contributed by atoms with Gasteiger partial charge >= 0.3 is 0 Å². The van der Waals surface area contributed by atoms with Gasteiger partial charge in [0.2, 0.25) is 0 Å². The molecule has 0 aromatic carbocycles. The van der Waals surface area contributed by atoms with E-state index in [1.807, 2.05) is 0 Å². The van der Waals surface area contributed by atoms with E-state index in [0.717, 1.165) is 31.1 Å². The number of halogens is 1. The highest BCUT2D eigenvalue weighted by molar-refractivity contribution is 5.05. The molecule has 0 N–H and O–H groups in total. The van der Waals surface area contributed by atoms with E-state index in [1.165, 1.54) is 0 Å². The second-order valence-corrected chi connectivity index (χ2v) is 3.55. The maximum atomic E-state index is 13.0. The van der Waals surface area contributed by atoms with Gasteiger partial charge in [0.25, 0.3) is 0 Å². The lowest BCUT2D eigenvalue weighted by Gasteiger charge is -2.34. The lowest BCUT2D eigenvalue weighted by atomic mass is 10.2. The van der Waals surface area contributed by atoms with Crippen molar-refractivity contribution in [3.63, 3.8) is 0 Å². The van der Waals surface area contributed by atoms with Crippen LogP contribution in [-0.2, 0) is 0 Å². The topological polar surface area (TPSA) is 6.48 Å². The summed E-state index contributed by atoms with van der Waals surface area (Å²) in [5.41, 5.74) is -0.0486. The summed E-state index contributed by atoms with van der Waals surface area (Å²) < 4.78 is 13.0. The van der Waals surface area contributed by atoms with Crippen LogP contribution in [0.2, 0.25) is 0 Å². The summed E-state index contributed by atoms with van der Waals surface area (Å²) in [7, 11) is 2.06. The first kappa shape index (κ1) is 6.55. The van der Waals surface area contributed by atoms with E-state index in [-0.39, 0.29) is 5.54 Å². The van der Waals surface area contributed by atoms with Crippen LogP contribution in [0, 0.1) is 0 Å². The molecule has 3 heteroatoms. The second kappa shape index (κ2) is 1.92. The Morgan fingerprint density at radius 2 is 2.00 bits per heavy atom. The minimum atomic E-state index is -0.0486. The van der Waals surface area contributed by atoms with Gasteiger partial charge in [0.1, 0.15) is 0 Å². The fourth-order valence-corrected chi connectivity index (χ4v) is 1.70.